The number of ether oxygens (including phenoxy) is 1. The molecule has 11 heteroatoms. The van der Waals surface area contributed by atoms with Gasteiger partial charge in [-0.2, -0.15) is 0 Å². The lowest BCUT2D eigenvalue weighted by Gasteiger charge is -2.41. The van der Waals surface area contributed by atoms with Crippen molar-refractivity contribution in [3.8, 4) is 5.75 Å². The highest BCUT2D eigenvalue weighted by molar-refractivity contribution is 7.88. The van der Waals surface area contributed by atoms with Gasteiger partial charge in [0.15, 0.2) is 0 Å². The van der Waals surface area contributed by atoms with Gasteiger partial charge in [0, 0.05) is 56.5 Å². The number of rotatable bonds is 5. The summed E-state index contributed by atoms with van der Waals surface area (Å²) >= 11 is 0. The van der Waals surface area contributed by atoms with E-state index >= 15 is 0 Å². The van der Waals surface area contributed by atoms with E-state index < -0.39 is 15.4 Å². The third-order valence-corrected chi connectivity index (χ3v) is 10.9. The molecule has 2 fully saturated rings. The van der Waals surface area contributed by atoms with E-state index in [4.69, 9.17) is 4.74 Å². The zero-order valence-corrected chi connectivity index (χ0v) is 27.0. The van der Waals surface area contributed by atoms with Crippen LogP contribution >= 0.6 is 0 Å². The van der Waals surface area contributed by atoms with Crippen LogP contribution in [0.2, 0.25) is 0 Å². The molecule has 10 nitrogen and oxygen atoms in total. The standard InChI is InChI=1S/C33H47N5O5S/c1-25-35-28(24-29(36-25)26-13-19-38(20-14-26)44(2,41)42)11-12-31(39)37-21-16-33(17-22-37)15-6-5-9-27-8-3-4-10-30(27)43-23-7-18-34-32(33)40/h3-4,8,10,24,26H,5-7,9,11-23H2,1-2H3,(H,34,40). The van der Waals surface area contributed by atoms with Crippen molar-refractivity contribution in [3.05, 3.63) is 53.1 Å². The predicted octanol–water partition coefficient (Wildman–Crippen LogP) is 3.78. The number of carbonyl (C=O) groups excluding carboxylic acids is 2. The number of aromatic nitrogens is 2. The number of carbonyl (C=O) groups is 2. The fourth-order valence-electron chi connectivity index (χ4n) is 6.92. The van der Waals surface area contributed by atoms with Crippen molar-refractivity contribution in [2.45, 2.75) is 83.5 Å². The Balaban J connectivity index is 1.14. The summed E-state index contributed by atoms with van der Waals surface area (Å²) in [6.45, 7) is 5.20. The van der Waals surface area contributed by atoms with Crippen LogP contribution in [0.15, 0.2) is 30.3 Å². The molecule has 1 N–H and O–H groups in total. The second-order valence-corrected chi connectivity index (χ2v) is 14.7. The minimum atomic E-state index is -3.18. The summed E-state index contributed by atoms with van der Waals surface area (Å²) in [5.41, 5.74) is 2.58. The SMILES string of the molecule is Cc1nc(CCC(=O)N2CCC3(CCCCc4ccccc4OCCCNC3=O)CC2)cc(C2CCN(S(C)(=O)=O)CC2)n1. The summed E-state index contributed by atoms with van der Waals surface area (Å²) in [4.78, 5) is 37.9. The number of likely N-dealkylation sites (tertiary alicyclic amines) is 1. The summed E-state index contributed by atoms with van der Waals surface area (Å²) in [7, 11) is -3.18. The molecule has 1 spiro atoms. The highest BCUT2D eigenvalue weighted by Gasteiger charge is 2.41. The molecule has 44 heavy (non-hydrogen) atoms. The Hall–Kier alpha value is -3.05. The molecule has 3 aliphatic rings. The highest BCUT2D eigenvalue weighted by Crippen LogP contribution is 2.38. The number of nitrogens with zero attached hydrogens (tertiary/aromatic N) is 4. The van der Waals surface area contributed by atoms with Gasteiger partial charge in [0.1, 0.15) is 11.6 Å². The zero-order valence-electron chi connectivity index (χ0n) is 26.2. The second kappa shape index (κ2) is 14.4. The molecule has 0 atom stereocenters. The van der Waals surface area contributed by atoms with Crippen LogP contribution in [0, 0.1) is 12.3 Å². The van der Waals surface area contributed by atoms with E-state index in [9.17, 15) is 18.0 Å². The van der Waals surface area contributed by atoms with Gasteiger partial charge in [0.25, 0.3) is 0 Å². The first kappa shape index (κ1) is 32.3. The second-order valence-electron chi connectivity index (χ2n) is 12.7. The maximum Gasteiger partial charge on any atom is 0.226 e. The van der Waals surface area contributed by atoms with Crippen molar-refractivity contribution in [1.82, 2.24) is 24.5 Å². The Kier molecular flexibility index (Phi) is 10.6. The number of benzene rings is 1. The molecule has 1 aromatic heterocycles. The van der Waals surface area contributed by atoms with Crippen LogP contribution in [0.4, 0.5) is 0 Å². The number of para-hydroxylation sites is 1. The lowest BCUT2D eigenvalue weighted by Crippen LogP contribution is -2.50. The summed E-state index contributed by atoms with van der Waals surface area (Å²) in [5, 5.41) is 3.17. The maximum absolute atomic E-state index is 13.5. The third kappa shape index (κ3) is 8.15. The highest BCUT2D eigenvalue weighted by atomic mass is 32.2. The topological polar surface area (TPSA) is 122 Å². The van der Waals surface area contributed by atoms with E-state index in [2.05, 4.69) is 27.4 Å². The number of hydrogen-bond donors (Lipinski definition) is 1. The molecule has 4 heterocycles. The van der Waals surface area contributed by atoms with Gasteiger partial charge in [-0.1, -0.05) is 24.6 Å². The van der Waals surface area contributed by atoms with Crippen molar-refractivity contribution in [2.24, 2.45) is 5.41 Å². The Labute approximate surface area is 262 Å². The van der Waals surface area contributed by atoms with Crippen molar-refractivity contribution in [2.75, 3.05) is 45.6 Å². The van der Waals surface area contributed by atoms with Crippen LogP contribution in [-0.4, -0.2) is 85.0 Å². The number of piperidine rings is 2. The van der Waals surface area contributed by atoms with Crippen LogP contribution in [0.1, 0.15) is 86.5 Å². The van der Waals surface area contributed by atoms with Gasteiger partial charge in [-0.3, -0.25) is 9.59 Å². The van der Waals surface area contributed by atoms with Gasteiger partial charge in [-0.15, -0.1) is 0 Å². The Morgan fingerprint density at radius 3 is 2.55 bits per heavy atom. The van der Waals surface area contributed by atoms with Crippen molar-refractivity contribution in [1.29, 1.82) is 0 Å². The molecule has 2 aromatic rings. The number of amides is 2. The van der Waals surface area contributed by atoms with E-state index in [1.807, 2.05) is 30.0 Å². The van der Waals surface area contributed by atoms with Crippen LogP contribution < -0.4 is 10.1 Å². The quantitative estimate of drug-likeness (QED) is 0.537. The molecule has 5 rings (SSSR count). The molecular weight excluding hydrogens is 578 g/mol. The average molecular weight is 626 g/mol. The summed E-state index contributed by atoms with van der Waals surface area (Å²) in [5.74, 6) is 2.02. The minimum absolute atomic E-state index is 0.0953. The lowest BCUT2D eigenvalue weighted by molar-refractivity contribution is -0.141. The maximum atomic E-state index is 13.5. The van der Waals surface area contributed by atoms with Crippen molar-refractivity contribution < 1.29 is 22.7 Å². The fraction of sp³-hybridized carbons (Fsp3) is 0.636. The van der Waals surface area contributed by atoms with Crippen LogP contribution in [0.5, 0.6) is 5.75 Å². The predicted molar refractivity (Wildman–Crippen MR) is 169 cm³/mol. The van der Waals surface area contributed by atoms with E-state index in [-0.39, 0.29) is 17.7 Å². The third-order valence-electron chi connectivity index (χ3n) is 9.59. The first-order valence-corrected chi connectivity index (χ1v) is 18.0. The summed E-state index contributed by atoms with van der Waals surface area (Å²) in [6, 6.07) is 10.2. The van der Waals surface area contributed by atoms with Gasteiger partial charge in [-0.25, -0.2) is 22.7 Å². The molecular formula is C33H47N5O5S. The molecule has 2 amide bonds. The number of sulfonamides is 1. The molecule has 1 aromatic carbocycles. The number of aryl methyl sites for hydroxylation is 3. The molecule has 2 saturated heterocycles. The Bertz CT molecular complexity index is 1420. The fourth-order valence-corrected chi connectivity index (χ4v) is 7.79. The van der Waals surface area contributed by atoms with Gasteiger partial charge >= 0.3 is 0 Å². The lowest BCUT2D eigenvalue weighted by atomic mass is 9.73. The molecule has 0 saturated carbocycles. The molecule has 0 unspecified atom stereocenters. The van der Waals surface area contributed by atoms with Gasteiger partial charge in [-0.05, 0) is 82.4 Å². The summed E-state index contributed by atoms with van der Waals surface area (Å²) in [6.07, 6.45) is 9.44. The molecule has 240 valence electrons. The van der Waals surface area contributed by atoms with Gasteiger partial charge in [0.05, 0.1) is 18.3 Å². The first-order valence-electron chi connectivity index (χ1n) is 16.2. The van der Waals surface area contributed by atoms with Crippen molar-refractivity contribution in [3.63, 3.8) is 0 Å². The van der Waals surface area contributed by atoms with Crippen LogP contribution in [0.3, 0.4) is 0 Å². The van der Waals surface area contributed by atoms with E-state index in [0.29, 0.717) is 70.8 Å². The zero-order chi connectivity index (χ0) is 31.2. The van der Waals surface area contributed by atoms with Gasteiger partial charge in [0.2, 0.25) is 21.8 Å². The number of fused-ring (bicyclic) bond motifs is 1. The largest absolute Gasteiger partial charge is 0.493 e. The number of nitrogens with one attached hydrogen (secondary N) is 1. The number of hydrogen-bond acceptors (Lipinski definition) is 7. The monoisotopic (exact) mass is 625 g/mol. The average Bonchev–Trinajstić information content (AvgIpc) is 3.02. The van der Waals surface area contributed by atoms with E-state index in [0.717, 1.165) is 62.1 Å². The molecule has 0 bridgehead atoms. The van der Waals surface area contributed by atoms with Crippen molar-refractivity contribution >= 4 is 21.8 Å². The first-order chi connectivity index (χ1) is 21.1. The summed E-state index contributed by atoms with van der Waals surface area (Å²) < 4.78 is 31.3. The van der Waals surface area contributed by atoms with Crippen LogP contribution in [0.25, 0.3) is 0 Å². The Morgan fingerprint density at radius 2 is 1.80 bits per heavy atom. The van der Waals surface area contributed by atoms with Gasteiger partial charge < -0.3 is 15.0 Å². The minimum Gasteiger partial charge on any atom is -0.493 e. The van der Waals surface area contributed by atoms with E-state index in [1.54, 1.807) is 0 Å². The molecule has 3 aliphatic heterocycles. The molecule has 0 radical (unpaired) electrons. The van der Waals surface area contributed by atoms with Crippen LogP contribution in [-0.2, 0) is 32.5 Å². The van der Waals surface area contributed by atoms with E-state index in [1.165, 1.54) is 16.1 Å². The molecule has 0 aliphatic carbocycles. The normalized spacial score (nSPS) is 20.9. The Morgan fingerprint density at radius 1 is 1.05 bits per heavy atom. The smallest absolute Gasteiger partial charge is 0.226 e.